The number of esters is 1. The van der Waals surface area contributed by atoms with Gasteiger partial charge in [-0.2, -0.15) is 0 Å². The van der Waals surface area contributed by atoms with Gasteiger partial charge in [-0.25, -0.2) is 13.2 Å². The topological polar surface area (TPSA) is 63.7 Å². The minimum atomic E-state index is -3.30. The first-order chi connectivity index (χ1) is 8.34. The highest BCUT2D eigenvalue weighted by Crippen LogP contribution is 2.33. The third-order valence-electron chi connectivity index (χ3n) is 3.10. The highest BCUT2D eigenvalue weighted by atomic mass is 32.2. The molecular weight excluding hydrogens is 254 g/mol. The van der Waals surface area contributed by atoms with E-state index in [9.17, 15) is 13.2 Å². The normalized spacial score (nSPS) is 14.5. The molecule has 5 nitrogen and oxygen atoms in total. The van der Waals surface area contributed by atoms with Crippen molar-refractivity contribution in [1.29, 1.82) is 0 Å². The van der Waals surface area contributed by atoms with Crippen molar-refractivity contribution in [2.45, 2.75) is 13.3 Å². The average molecular weight is 269 g/mol. The van der Waals surface area contributed by atoms with Crippen LogP contribution in [-0.4, -0.2) is 34.3 Å². The van der Waals surface area contributed by atoms with Crippen LogP contribution in [0.25, 0.3) is 0 Å². The molecule has 98 valence electrons. The quantitative estimate of drug-likeness (QED) is 0.754. The van der Waals surface area contributed by atoms with Gasteiger partial charge in [-0.3, -0.25) is 4.31 Å². The van der Waals surface area contributed by atoms with Crippen molar-refractivity contribution < 1.29 is 17.9 Å². The van der Waals surface area contributed by atoms with Crippen LogP contribution >= 0.6 is 0 Å². The van der Waals surface area contributed by atoms with E-state index in [1.807, 2.05) is 6.92 Å². The number of nitrogens with zero attached hydrogens (tertiary/aromatic N) is 1. The van der Waals surface area contributed by atoms with Gasteiger partial charge in [-0.05, 0) is 36.6 Å². The van der Waals surface area contributed by atoms with Crippen molar-refractivity contribution in [1.82, 2.24) is 0 Å². The maximum atomic E-state index is 11.7. The second-order valence-corrected chi connectivity index (χ2v) is 6.27. The van der Waals surface area contributed by atoms with Gasteiger partial charge in [0.05, 0.1) is 24.6 Å². The third kappa shape index (κ3) is 2.08. The molecule has 0 spiro atoms. The molecule has 0 radical (unpaired) electrons. The Morgan fingerprint density at radius 1 is 1.39 bits per heavy atom. The van der Waals surface area contributed by atoms with Gasteiger partial charge >= 0.3 is 5.97 Å². The number of ether oxygens (including phenoxy) is 1. The van der Waals surface area contributed by atoms with Gasteiger partial charge in [0.15, 0.2) is 0 Å². The number of rotatable bonds is 2. The number of fused-ring (bicyclic) bond motifs is 1. The number of methoxy groups -OCH3 is 1. The Morgan fingerprint density at radius 3 is 2.61 bits per heavy atom. The smallest absolute Gasteiger partial charge is 0.337 e. The lowest BCUT2D eigenvalue weighted by atomic mass is 10.0. The van der Waals surface area contributed by atoms with Crippen LogP contribution in [0.4, 0.5) is 5.69 Å². The number of aryl methyl sites for hydroxylation is 1. The van der Waals surface area contributed by atoms with Crippen LogP contribution in [-0.2, 0) is 21.2 Å². The fraction of sp³-hybridized carbons (Fsp3) is 0.417. The molecule has 0 bridgehead atoms. The molecule has 1 aromatic carbocycles. The van der Waals surface area contributed by atoms with Crippen LogP contribution in [0.5, 0.6) is 0 Å². The first kappa shape index (κ1) is 12.9. The van der Waals surface area contributed by atoms with Gasteiger partial charge in [-0.1, -0.05) is 0 Å². The standard InChI is InChI=1S/C12H15NO4S/c1-8-6-9(12(14)17-2)7-11-10(8)4-5-13(11)18(3,15)16/h6-7H,4-5H2,1-3H3. The van der Waals surface area contributed by atoms with Gasteiger partial charge in [0, 0.05) is 6.54 Å². The van der Waals surface area contributed by atoms with Crippen LogP contribution in [0.1, 0.15) is 21.5 Å². The van der Waals surface area contributed by atoms with Gasteiger partial charge < -0.3 is 4.74 Å². The molecule has 0 saturated heterocycles. The zero-order valence-electron chi connectivity index (χ0n) is 10.6. The summed E-state index contributed by atoms with van der Waals surface area (Å²) in [6.07, 6.45) is 1.85. The maximum absolute atomic E-state index is 11.7. The monoisotopic (exact) mass is 269 g/mol. The Bertz CT molecular complexity index is 607. The summed E-state index contributed by atoms with van der Waals surface area (Å²) in [5, 5.41) is 0. The van der Waals surface area contributed by atoms with Crippen LogP contribution in [0, 0.1) is 6.92 Å². The minimum absolute atomic E-state index is 0.379. The van der Waals surface area contributed by atoms with E-state index in [0.29, 0.717) is 24.2 Å². The van der Waals surface area contributed by atoms with Crippen molar-refractivity contribution >= 4 is 21.7 Å². The molecule has 0 aliphatic carbocycles. The van der Waals surface area contributed by atoms with Crippen molar-refractivity contribution in [2.24, 2.45) is 0 Å². The van der Waals surface area contributed by atoms with E-state index in [-0.39, 0.29) is 0 Å². The summed E-state index contributed by atoms with van der Waals surface area (Å²) in [5.41, 5.74) is 2.87. The van der Waals surface area contributed by atoms with Crippen LogP contribution in [0.15, 0.2) is 12.1 Å². The number of carbonyl (C=O) groups is 1. The number of benzene rings is 1. The van der Waals surface area contributed by atoms with Crippen molar-refractivity contribution in [3.63, 3.8) is 0 Å². The Balaban J connectivity index is 2.58. The molecule has 0 atom stereocenters. The van der Waals surface area contributed by atoms with Crippen molar-refractivity contribution in [3.05, 3.63) is 28.8 Å². The Morgan fingerprint density at radius 2 is 2.06 bits per heavy atom. The van der Waals surface area contributed by atoms with E-state index in [2.05, 4.69) is 4.74 Å². The van der Waals surface area contributed by atoms with Crippen LogP contribution in [0.2, 0.25) is 0 Å². The molecule has 18 heavy (non-hydrogen) atoms. The van der Waals surface area contributed by atoms with Crippen LogP contribution < -0.4 is 4.31 Å². The lowest BCUT2D eigenvalue weighted by Gasteiger charge is -2.17. The Kier molecular flexibility index (Phi) is 3.06. The number of carbonyl (C=O) groups excluding carboxylic acids is 1. The van der Waals surface area contributed by atoms with E-state index in [1.165, 1.54) is 17.7 Å². The molecule has 0 N–H and O–H groups in total. The van der Waals surface area contributed by atoms with E-state index < -0.39 is 16.0 Å². The van der Waals surface area contributed by atoms with Crippen molar-refractivity contribution in [3.8, 4) is 0 Å². The second kappa shape index (κ2) is 4.28. The summed E-state index contributed by atoms with van der Waals surface area (Å²) < 4.78 is 29.3. The molecule has 1 aliphatic heterocycles. The Labute approximate surface area is 106 Å². The fourth-order valence-electron chi connectivity index (χ4n) is 2.26. The van der Waals surface area contributed by atoms with E-state index in [1.54, 1.807) is 12.1 Å². The predicted octanol–water partition coefficient (Wildman–Crippen LogP) is 1.10. The van der Waals surface area contributed by atoms with Gasteiger partial charge in [-0.15, -0.1) is 0 Å². The molecule has 1 aliphatic rings. The van der Waals surface area contributed by atoms with E-state index in [4.69, 9.17) is 0 Å². The average Bonchev–Trinajstić information content (AvgIpc) is 2.71. The number of hydrogen-bond acceptors (Lipinski definition) is 4. The minimum Gasteiger partial charge on any atom is -0.465 e. The summed E-state index contributed by atoms with van der Waals surface area (Å²) in [6, 6.07) is 3.32. The summed E-state index contributed by atoms with van der Waals surface area (Å²) in [7, 11) is -2.00. The summed E-state index contributed by atoms with van der Waals surface area (Å²) in [5.74, 6) is -0.457. The highest BCUT2D eigenvalue weighted by molar-refractivity contribution is 7.92. The summed E-state index contributed by atoms with van der Waals surface area (Å²) >= 11 is 0. The van der Waals surface area contributed by atoms with Gasteiger partial charge in [0.1, 0.15) is 0 Å². The highest BCUT2D eigenvalue weighted by Gasteiger charge is 2.28. The molecule has 0 unspecified atom stereocenters. The zero-order valence-corrected chi connectivity index (χ0v) is 11.4. The number of sulfonamides is 1. The lowest BCUT2D eigenvalue weighted by molar-refractivity contribution is 0.0600. The lowest BCUT2D eigenvalue weighted by Crippen LogP contribution is -2.27. The number of anilines is 1. The van der Waals surface area contributed by atoms with Gasteiger partial charge in [0.25, 0.3) is 0 Å². The summed E-state index contributed by atoms with van der Waals surface area (Å²) in [4.78, 5) is 11.5. The van der Waals surface area contributed by atoms with E-state index >= 15 is 0 Å². The molecule has 1 aromatic rings. The van der Waals surface area contributed by atoms with Crippen molar-refractivity contribution in [2.75, 3.05) is 24.2 Å². The molecule has 0 fully saturated rings. The van der Waals surface area contributed by atoms with Gasteiger partial charge in [0.2, 0.25) is 10.0 Å². The zero-order chi connectivity index (χ0) is 13.5. The fourth-order valence-corrected chi connectivity index (χ4v) is 3.20. The molecule has 0 amide bonds. The van der Waals surface area contributed by atoms with E-state index in [0.717, 1.165) is 11.1 Å². The molecule has 0 saturated carbocycles. The van der Waals surface area contributed by atoms with Crippen LogP contribution in [0.3, 0.4) is 0 Å². The largest absolute Gasteiger partial charge is 0.465 e. The first-order valence-corrected chi connectivity index (χ1v) is 7.39. The Hall–Kier alpha value is -1.56. The third-order valence-corrected chi connectivity index (χ3v) is 4.28. The second-order valence-electron chi connectivity index (χ2n) is 4.37. The molecular formula is C12H15NO4S. The first-order valence-electron chi connectivity index (χ1n) is 5.54. The summed E-state index contributed by atoms with van der Waals surface area (Å²) in [6.45, 7) is 2.30. The number of hydrogen-bond donors (Lipinski definition) is 0. The molecule has 1 heterocycles. The molecule has 0 aromatic heterocycles. The molecule has 6 heteroatoms. The SMILES string of the molecule is COC(=O)c1cc(C)c2c(c1)N(S(C)(=O)=O)CC2. The predicted molar refractivity (Wildman–Crippen MR) is 68.4 cm³/mol. The maximum Gasteiger partial charge on any atom is 0.337 e. The molecule has 2 rings (SSSR count).